The molecule has 1 aromatic carbocycles. The Morgan fingerprint density at radius 2 is 2.06 bits per heavy atom. The molecule has 0 saturated carbocycles. The van der Waals surface area contributed by atoms with Crippen molar-refractivity contribution in [2.75, 3.05) is 12.4 Å². The standard InChI is InChI=1S/C11H12N2O3S/c14-6-7-17(15)8-10-12-11(16-13-10)9-4-2-1-3-5-9/h1-5,14H,6-8H2. The molecule has 0 radical (unpaired) electrons. The van der Waals surface area contributed by atoms with Gasteiger partial charge in [-0.25, -0.2) is 0 Å². The van der Waals surface area contributed by atoms with E-state index in [0.29, 0.717) is 11.7 Å². The van der Waals surface area contributed by atoms with Gasteiger partial charge in [-0.05, 0) is 12.1 Å². The van der Waals surface area contributed by atoms with Gasteiger partial charge in [-0.3, -0.25) is 4.21 Å². The van der Waals surface area contributed by atoms with Crippen molar-refractivity contribution in [2.24, 2.45) is 0 Å². The van der Waals surface area contributed by atoms with Crippen molar-refractivity contribution < 1.29 is 13.8 Å². The van der Waals surface area contributed by atoms with Gasteiger partial charge in [0.05, 0.1) is 12.4 Å². The van der Waals surface area contributed by atoms with Crippen LogP contribution in [0.2, 0.25) is 0 Å². The van der Waals surface area contributed by atoms with Gasteiger partial charge in [0.15, 0.2) is 5.82 Å². The minimum Gasteiger partial charge on any atom is -0.395 e. The number of aliphatic hydroxyl groups excluding tert-OH is 1. The Kier molecular flexibility index (Phi) is 4.00. The highest BCUT2D eigenvalue weighted by Gasteiger charge is 2.10. The number of hydrogen-bond acceptors (Lipinski definition) is 5. The zero-order chi connectivity index (χ0) is 12.1. The van der Waals surface area contributed by atoms with E-state index in [2.05, 4.69) is 10.1 Å². The molecule has 6 heteroatoms. The van der Waals surface area contributed by atoms with Gasteiger partial charge in [-0.2, -0.15) is 4.98 Å². The van der Waals surface area contributed by atoms with Gasteiger partial charge in [0.25, 0.3) is 5.89 Å². The second kappa shape index (κ2) is 5.70. The number of aliphatic hydroxyl groups is 1. The van der Waals surface area contributed by atoms with Gasteiger partial charge in [-0.1, -0.05) is 23.4 Å². The highest BCUT2D eigenvalue weighted by Crippen LogP contribution is 2.16. The van der Waals surface area contributed by atoms with Crippen LogP contribution in [0.25, 0.3) is 11.5 Å². The summed E-state index contributed by atoms with van der Waals surface area (Å²) in [5, 5.41) is 12.4. The van der Waals surface area contributed by atoms with Crippen LogP contribution in [-0.4, -0.2) is 31.8 Å². The number of benzene rings is 1. The largest absolute Gasteiger partial charge is 0.395 e. The Morgan fingerprint density at radius 3 is 2.76 bits per heavy atom. The second-order valence-corrected chi connectivity index (χ2v) is 4.97. The van der Waals surface area contributed by atoms with Crippen LogP contribution in [0.5, 0.6) is 0 Å². The van der Waals surface area contributed by atoms with E-state index in [0.717, 1.165) is 5.56 Å². The third kappa shape index (κ3) is 3.21. The lowest BCUT2D eigenvalue weighted by Crippen LogP contribution is -2.05. The molecule has 1 atom stereocenters. The number of nitrogens with zero attached hydrogens (tertiary/aromatic N) is 2. The summed E-state index contributed by atoms with van der Waals surface area (Å²) in [6, 6.07) is 9.38. The minimum atomic E-state index is -1.15. The molecule has 0 aliphatic heterocycles. The molecule has 0 bridgehead atoms. The average molecular weight is 252 g/mol. The Balaban J connectivity index is 2.09. The average Bonchev–Trinajstić information content (AvgIpc) is 2.79. The maximum atomic E-state index is 11.4. The fourth-order valence-electron chi connectivity index (χ4n) is 1.33. The lowest BCUT2D eigenvalue weighted by molar-refractivity contribution is 0.321. The summed E-state index contributed by atoms with van der Waals surface area (Å²) < 4.78 is 16.5. The van der Waals surface area contributed by atoms with E-state index in [-0.39, 0.29) is 18.1 Å². The van der Waals surface area contributed by atoms with Crippen molar-refractivity contribution in [3.05, 3.63) is 36.2 Å². The minimum absolute atomic E-state index is 0.101. The van der Waals surface area contributed by atoms with Crippen molar-refractivity contribution in [3.63, 3.8) is 0 Å². The van der Waals surface area contributed by atoms with Gasteiger partial charge in [0.1, 0.15) is 0 Å². The SMILES string of the molecule is O=S(CCO)Cc1noc(-c2ccccc2)n1. The van der Waals surface area contributed by atoms with Gasteiger partial charge in [0, 0.05) is 22.1 Å². The van der Waals surface area contributed by atoms with Crippen LogP contribution < -0.4 is 0 Å². The molecule has 0 spiro atoms. The van der Waals surface area contributed by atoms with E-state index in [1.54, 1.807) is 0 Å². The molecular weight excluding hydrogens is 240 g/mol. The van der Waals surface area contributed by atoms with Gasteiger partial charge >= 0.3 is 0 Å². The second-order valence-electron chi connectivity index (χ2n) is 3.39. The Morgan fingerprint density at radius 1 is 1.29 bits per heavy atom. The number of hydrogen-bond donors (Lipinski definition) is 1. The monoisotopic (exact) mass is 252 g/mol. The lowest BCUT2D eigenvalue weighted by atomic mass is 10.2. The van der Waals surface area contributed by atoms with Gasteiger partial charge in [0.2, 0.25) is 0 Å². The molecule has 2 rings (SSSR count). The van der Waals surface area contributed by atoms with Crippen LogP contribution in [0.3, 0.4) is 0 Å². The van der Waals surface area contributed by atoms with E-state index in [9.17, 15) is 4.21 Å². The van der Waals surface area contributed by atoms with Crippen molar-refractivity contribution in [1.82, 2.24) is 10.1 Å². The molecule has 0 aliphatic carbocycles. The van der Waals surface area contributed by atoms with Crippen LogP contribution in [0, 0.1) is 0 Å². The van der Waals surface area contributed by atoms with E-state index >= 15 is 0 Å². The Labute approximate surface area is 101 Å². The summed E-state index contributed by atoms with van der Waals surface area (Å²) in [6.07, 6.45) is 0. The molecule has 1 N–H and O–H groups in total. The Hall–Kier alpha value is -1.53. The molecule has 0 amide bonds. The van der Waals surface area contributed by atoms with Crippen molar-refractivity contribution in [1.29, 1.82) is 0 Å². The normalized spacial score (nSPS) is 12.5. The lowest BCUT2D eigenvalue weighted by Gasteiger charge is -1.93. The van der Waals surface area contributed by atoms with Crippen LogP contribution >= 0.6 is 0 Å². The molecule has 5 nitrogen and oxygen atoms in total. The van der Waals surface area contributed by atoms with Crippen LogP contribution in [-0.2, 0) is 16.6 Å². The molecule has 90 valence electrons. The maximum Gasteiger partial charge on any atom is 0.257 e. The van der Waals surface area contributed by atoms with Crippen LogP contribution in [0.1, 0.15) is 5.82 Å². The molecule has 1 unspecified atom stereocenters. The molecule has 17 heavy (non-hydrogen) atoms. The highest BCUT2D eigenvalue weighted by molar-refractivity contribution is 7.84. The molecule has 0 aliphatic rings. The third-order valence-corrected chi connectivity index (χ3v) is 3.32. The van der Waals surface area contributed by atoms with Crippen LogP contribution in [0.15, 0.2) is 34.9 Å². The fraction of sp³-hybridized carbons (Fsp3) is 0.273. The fourth-order valence-corrected chi connectivity index (χ4v) is 2.08. The third-order valence-electron chi connectivity index (χ3n) is 2.10. The maximum absolute atomic E-state index is 11.4. The summed E-state index contributed by atoms with van der Waals surface area (Å²) in [6.45, 7) is -0.101. The quantitative estimate of drug-likeness (QED) is 0.858. The van der Waals surface area contributed by atoms with Crippen molar-refractivity contribution in [3.8, 4) is 11.5 Å². The molecular formula is C11H12N2O3S. The first-order chi connectivity index (χ1) is 8.29. The summed E-state index contributed by atoms with van der Waals surface area (Å²) in [7, 11) is -1.15. The van der Waals surface area contributed by atoms with E-state index in [1.807, 2.05) is 30.3 Å². The number of rotatable bonds is 5. The van der Waals surface area contributed by atoms with Crippen LogP contribution in [0.4, 0.5) is 0 Å². The smallest absolute Gasteiger partial charge is 0.257 e. The Bertz CT molecular complexity index is 498. The predicted octanol–water partition coefficient (Wildman–Crippen LogP) is 0.978. The van der Waals surface area contributed by atoms with Crippen molar-refractivity contribution >= 4 is 10.8 Å². The first-order valence-corrected chi connectivity index (χ1v) is 6.62. The summed E-state index contributed by atoms with van der Waals surface area (Å²) in [5.74, 6) is 1.25. The van der Waals surface area contributed by atoms with Gasteiger partial charge in [-0.15, -0.1) is 0 Å². The zero-order valence-corrected chi connectivity index (χ0v) is 9.89. The van der Waals surface area contributed by atoms with E-state index in [4.69, 9.17) is 9.63 Å². The van der Waals surface area contributed by atoms with E-state index < -0.39 is 10.8 Å². The zero-order valence-electron chi connectivity index (χ0n) is 9.07. The summed E-state index contributed by atoms with van der Waals surface area (Å²) in [5.41, 5.74) is 0.833. The molecule has 1 heterocycles. The first kappa shape index (κ1) is 11.9. The molecule has 1 aromatic heterocycles. The van der Waals surface area contributed by atoms with Crippen molar-refractivity contribution in [2.45, 2.75) is 5.75 Å². The predicted molar refractivity (Wildman–Crippen MR) is 63.5 cm³/mol. The van der Waals surface area contributed by atoms with E-state index in [1.165, 1.54) is 0 Å². The summed E-state index contributed by atoms with van der Waals surface area (Å²) >= 11 is 0. The summed E-state index contributed by atoms with van der Waals surface area (Å²) in [4.78, 5) is 4.15. The molecule has 0 fully saturated rings. The highest BCUT2D eigenvalue weighted by atomic mass is 32.2. The topological polar surface area (TPSA) is 76.2 Å². The molecule has 0 saturated heterocycles. The number of aromatic nitrogens is 2. The van der Waals surface area contributed by atoms with Gasteiger partial charge < -0.3 is 9.63 Å². The molecule has 2 aromatic rings. The first-order valence-electron chi connectivity index (χ1n) is 5.13.